The van der Waals surface area contributed by atoms with Crippen molar-refractivity contribution in [2.45, 2.75) is 65.5 Å². The quantitative estimate of drug-likeness (QED) is 0.645. The minimum atomic E-state index is -0.0485. The third-order valence-corrected chi connectivity index (χ3v) is 3.56. The lowest BCUT2D eigenvalue weighted by Gasteiger charge is -2.16. The molecular weight excluding hydrogens is 304 g/mol. The molecule has 0 heterocycles. The summed E-state index contributed by atoms with van der Waals surface area (Å²) in [6, 6.07) is 7.78. The van der Waals surface area contributed by atoms with Crippen molar-refractivity contribution in [1.82, 2.24) is 10.6 Å². The maximum atomic E-state index is 12.0. The fourth-order valence-corrected chi connectivity index (χ4v) is 2.38. The van der Waals surface area contributed by atoms with E-state index in [9.17, 15) is 9.59 Å². The van der Waals surface area contributed by atoms with E-state index >= 15 is 0 Å². The second kappa shape index (κ2) is 10.7. The maximum absolute atomic E-state index is 12.0. The third-order valence-electron chi connectivity index (χ3n) is 3.56. The Kier molecular flexibility index (Phi) is 8.90. The van der Waals surface area contributed by atoms with Gasteiger partial charge in [-0.3, -0.25) is 9.59 Å². The average Bonchev–Trinajstić information content (AvgIpc) is 2.50. The van der Waals surface area contributed by atoms with Crippen LogP contribution in [0.3, 0.4) is 0 Å². The van der Waals surface area contributed by atoms with E-state index < -0.39 is 0 Å². The molecule has 1 aromatic rings. The molecule has 5 heteroatoms. The van der Waals surface area contributed by atoms with Crippen molar-refractivity contribution in [3.8, 4) is 5.75 Å². The Balaban J connectivity index is 2.32. The highest BCUT2D eigenvalue weighted by Crippen LogP contribution is 2.20. The lowest BCUT2D eigenvalue weighted by Crippen LogP contribution is -2.26. The number of amides is 2. The maximum Gasteiger partial charge on any atom is 0.220 e. The van der Waals surface area contributed by atoms with Gasteiger partial charge in [-0.1, -0.05) is 18.6 Å². The molecule has 0 saturated heterocycles. The number of unbranched alkanes of at least 4 members (excludes halogenated alkanes) is 2. The summed E-state index contributed by atoms with van der Waals surface area (Å²) < 4.78 is 5.69. The van der Waals surface area contributed by atoms with Gasteiger partial charge in [-0.05, 0) is 51.3 Å². The zero-order chi connectivity index (χ0) is 17.9. The Hall–Kier alpha value is -2.04. The van der Waals surface area contributed by atoms with Gasteiger partial charge in [0, 0.05) is 19.9 Å². The molecule has 1 unspecified atom stereocenters. The Morgan fingerprint density at radius 1 is 1.12 bits per heavy atom. The van der Waals surface area contributed by atoms with Crippen LogP contribution in [-0.4, -0.2) is 24.5 Å². The SMILES string of the molecule is CC(=O)NCCCCCC(=O)NC(C)c1cccc(OC(C)C)c1. The van der Waals surface area contributed by atoms with Gasteiger partial charge in [0.2, 0.25) is 11.8 Å². The van der Waals surface area contributed by atoms with Crippen LogP contribution in [0.5, 0.6) is 5.75 Å². The second-order valence-corrected chi connectivity index (χ2v) is 6.32. The van der Waals surface area contributed by atoms with Crippen molar-refractivity contribution < 1.29 is 14.3 Å². The van der Waals surface area contributed by atoms with Crippen LogP contribution in [0.15, 0.2) is 24.3 Å². The van der Waals surface area contributed by atoms with Crippen LogP contribution < -0.4 is 15.4 Å². The second-order valence-electron chi connectivity index (χ2n) is 6.32. The largest absolute Gasteiger partial charge is 0.491 e. The molecule has 0 aromatic heterocycles. The van der Waals surface area contributed by atoms with E-state index in [1.807, 2.05) is 45.0 Å². The highest BCUT2D eigenvalue weighted by Gasteiger charge is 2.10. The first-order valence-electron chi connectivity index (χ1n) is 8.69. The van der Waals surface area contributed by atoms with Gasteiger partial charge in [-0.25, -0.2) is 0 Å². The zero-order valence-electron chi connectivity index (χ0n) is 15.2. The summed E-state index contributed by atoms with van der Waals surface area (Å²) in [7, 11) is 0. The molecule has 0 fully saturated rings. The molecule has 0 spiro atoms. The summed E-state index contributed by atoms with van der Waals surface area (Å²) in [5, 5.41) is 5.78. The Morgan fingerprint density at radius 2 is 1.88 bits per heavy atom. The van der Waals surface area contributed by atoms with Crippen LogP contribution in [0, 0.1) is 0 Å². The Morgan fingerprint density at radius 3 is 2.54 bits per heavy atom. The van der Waals surface area contributed by atoms with Gasteiger partial charge in [0.1, 0.15) is 5.75 Å². The van der Waals surface area contributed by atoms with Gasteiger partial charge in [0.05, 0.1) is 12.1 Å². The fraction of sp³-hybridized carbons (Fsp3) is 0.579. The molecule has 2 N–H and O–H groups in total. The average molecular weight is 334 g/mol. The van der Waals surface area contributed by atoms with Crippen LogP contribution in [-0.2, 0) is 9.59 Å². The molecular formula is C19H30N2O3. The van der Waals surface area contributed by atoms with Gasteiger partial charge in [0.25, 0.3) is 0 Å². The van der Waals surface area contributed by atoms with E-state index in [-0.39, 0.29) is 24.0 Å². The van der Waals surface area contributed by atoms with Gasteiger partial charge >= 0.3 is 0 Å². The molecule has 0 bridgehead atoms. The molecule has 5 nitrogen and oxygen atoms in total. The number of ether oxygens (including phenoxy) is 1. The fourth-order valence-electron chi connectivity index (χ4n) is 2.38. The molecule has 0 aliphatic rings. The van der Waals surface area contributed by atoms with Crippen LogP contribution in [0.1, 0.15) is 65.0 Å². The van der Waals surface area contributed by atoms with E-state index in [4.69, 9.17) is 4.74 Å². The molecule has 0 aliphatic heterocycles. The van der Waals surface area contributed by atoms with Crippen molar-refractivity contribution in [3.05, 3.63) is 29.8 Å². The van der Waals surface area contributed by atoms with Crippen LogP contribution in [0.25, 0.3) is 0 Å². The van der Waals surface area contributed by atoms with Gasteiger partial charge < -0.3 is 15.4 Å². The number of hydrogen-bond donors (Lipinski definition) is 2. The Bertz CT molecular complexity index is 529. The van der Waals surface area contributed by atoms with Crippen molar-refractivity contribution in [3.63, 3.8) is 0 Å². The number of nitrogens with one attached hydrogen (secondary N) is 2. The predicted molar refractivity (Wildman–Crippen MR) is 95.9 cm³/mol. The molecule has 24 heavy (non-hydrogen) atoms. The van der Waals surface area contributed by atoms with Gasteiger partial charge in [-0.2, -0.15) is 0 Å². The van der Waals surface area contributed by atoms with Gasteiger partial charge in [0.15, 0.2) is 0 Å². The first-order valence-corrected chi connectivity index (χ1v) is 8.69. The van der Waals surface area contributed by atoms with Crippen molar-refractivity contribution in [1.29, 1.82) is 0 Å². The number of carbonyl (C=O) groups excluding carboxylic acids is 2. The molecule has 1 atom stereocenters. The van der Waals surface area contributed by atoms with Crippen molar-refractivity contribution >= 4 is 11.8 Å². The molecule has 0 radical (unpaired) electrons. The smallest absolute Gasteiger partial charge is 0.220 e. The molecule has 0 aliphatic carbocycles. The van der Waals surface area contributed by atoms with Crippen LogP contribution in [0.4, 0.5) is 0 Å². The number of rotatable bonds is 10. The van der Waals surface area contributed by atoms with E-state index in [1.165, 1.54) is 6.92 Å². The van der Waals surface area contributed by atoms with E-state index in [2.05, 4.69) is 10.6 Å². The van der Waals surface area contributed by atoms with E-state index in [0.29, 0.717) is 13.0 Å². The molecule has 2 amide bonds. The van der Waals surface area contributed by atoms with E-state index in [1.54, 1.807) is 0 Å². The first-order chi connectivity index (χ1) is 11.4. The van der Waals surface area contributed by atoms with E-state index in [0.717, 1.165) is 30.6 Å². The molecule has 1 rings (SSSR count). The van der Waals surface area contributed by atoms with Crippen LogP contribution >= 0.6 is 0 Å². The minimum Gasteiger partial charge on any atom is -0.491 e. The molecule has 0 saturated carbocycles. The minimum absolute atomic E-state index is 0.00903. The number of hydrogen-bond acceptors (Lipinski definition) is 3. The first kappa shape index (κ1) is 20.0. The van der Waals surface area contributed by atoms with Crippen LogP contribution in [0.2, 0.25) is 0 Å². The Labute approximate surface area is 145 Å². The topological polar surface area (TPSA) is 67.4 Å². The normalized spacial score (nSPS) is 11.9. The summed E-state index contributed by atoms with van der Waals surface area (Å²) in [5.74, 6) is 0.865. The predicted octanol–water partition coefficient (Wildman–Crippen LogP) is 3.35. The third kappa shape index (κ3) is 8.56. The number of carbonyl (C=O) groups is 2. The monoisotopic (exact) mass is 334 g/mol. The summed E-state index contributed by atoms with van der Waals surface area (Å²) >= 11 is 0. The lowest BCUT2D eigenvalue weighted by molar-refractivity contribution is -0.122. The summed E-state index contributed by atoms with van der Waals surface area (Å²) in [6.45, 7) is 8.14. The molecule has 134 valence electrons. The molecule has 1 aromatic carbocycles. The summed E-state index contributed by atoms with van der Waals surface area (Å²) in [4.78, 5) is 22.8. The highest BCUT2D eigenvalue weighted by atomic mass is 16.5. The highest BCUT2D eigenvalue weighted by molar-refractivity contribution is 5.76. The lowest BCUT2D eigenvalue weighted by atomic mass is 10.1. The van der Waals surface area contributed by atoms with Gasteiger partial charge in [-0.15, -0.1) is 0 Å². The summed E-state index contributed by atoms with van der Waals surface area (Å²) in [5.41, 5.74) is 1.03. The van der Waals surface area contributed by atoms with Crippen molar-refractivity contribution in [2.24, 2.45) is 0 Å². The standard InChI is InChI=1S/C19H30N2O3/c1-14(2)24-18-10-8-9-17(13-18)15(3)21-19(23)11-6-5-7-12-20-16(4)22/h8-10,13-15H,5-7,11-12H2,1-4H3,(H,20,22)(H,21,23). The summed E-state index contributed by atoms with van der Waals surface area (Å²) in [6.07, 6.45) is 3.29. The number of benzene rings is 1. The van der Waals surface area contributed by atoms with Crippen molar-refractivity contribution in [2.75, 3.05) is 6.54 Å². The zero-order valence-corrected chi connectivity index (χ0v) is 15.2.